The fraction of sp³-hybridized carbons (Fsp3) is 0.500. The number of rotatable bonds is 2. The third-order valence-corrected chi connectivity index (χ3v) is 3.65. The van der Waals surface area contributed by atoms with Crippen LogP contribution in [0.3, 0.4) is 0 Å². The second-order valence-electron chi connectivity index (χ2n) is 4.27. The van der Waals surface area contributed by atoms with Crippen LogP contribution in [0.5, 0.6) is 0 Å². The molecular formula is C10H13BrO2S. The van der Waals surface area contributed by atoms with Crippen molar-refractivity contribution in [3.8, 4) is 0 Å². The molecule has 0 aromatic carbocycles. The van der Waals surface area contributed by atoms with Gasteiger partial charge in [0.15, 0.2) is 5.78 Å². The Balaban J connectivity index is 2.92. The smallest absolute Gasteiger partial charge is 0.193 e. The largest absolute Gasteiger partial charge is 0.384 e. The second-order valence-corrected chi connectivity index (χ2v) is 5.86. The van der Waals surface area contributed by atoms with Gasteiger partial charge in [0.05, 0.1) is 0 Å². The monoisotopic (exact) mass is 276 g/mol. The number of hydrogen-bond donors (Lipinski definition) is 1. The van der Waals surface area contributed by atoms with Crippen molar-refractivity contribution in [1.82, 2.24) is 0 Å². The highest BCUT2D eigenvalue weighted by atomic mass is 79.9. The summed E-state index contributed by atoms with van der Waals surface area (Å²) in [6.45, 7) is 5.53. The molecule has 2 nitrogen and oxygen atoms in total. The van der Waals surface area contributed by atoms with Gasteiger partial charge in [-0.2, -0.15) is 11.3 Å². The minimum Gasteiger partial charge on any atom is -0.384 e. The molecule has 1 atom stereocenters. The first kappa shape index (κ1) is 11.9. The Morgan fingerprint density at radius 2 is 2.07 bits per heavy atom. The molecule has 0 bridgehead atoms. The van der Waals surface area contributed by atoms with E-state index in [-0.39, 0.29) is 5.78 Å². The Kier molecular flexibility index (Phi) is 3.50. The van der Waals surface area contributed by atoms with Crippen molar-refractivity contribution in [2.75, 3.05) is 0 Å². The Bertz CT molecular complexity index is 338. The molecule has 1 rings (SSSR count). The number of carbonyl (C=O) groups excluding carboxylic acids is 1. The van der Waals surface area contributed by atoms with Gasteiger partial charge in [-0.3, -0.25) is 4.79 Å². The van der Waals surface area contributed by atoms with Crippen molar-refractivity contribution in [3.05, 3.63) is 20.8 Å². The summed E-state index contributed by atoms with van der Waals surface area (Å²) in [6.07, 6.45) is -0.951. The Labute approximate surface area is 96.1 Å². The topological polar surface area (TPSA) is 37.3 Å². The van der Waals surface area contributed by atoms with Crippen molar-refractivity contribution in [2.45, 2.75) is 26.9 Å². The van der Waals surface area contributed by atoms with Gasteiger partial charge in [0.25, 0.3) is 0 Å². The van der Waals surface area contributed by atoms with Gasteiger partial charge < -0.3 is 5.11 Å². The molecular weight excluding hydrogens is 264 g/mol. The Hall–Kier alpha value is -0.190. The minimum absolute atomic E-state index is 0.217. The number of aliphatic hydroxyl groups excluding tert-OH is 1. The highest BCUT2D eigenvalue weighted by Gasteiger charge is 2.30. The van der Waals surface area contributed by atoms with Crippen LogP contribution in [-0.4, -0.2) is 17.0 Å². The van der Waals surface area contributed by atoms with E-state index in [4.69, 9.17) is 0 Å². The maximum Gasteiger partial charge on any atom is 0.193 e. The number of hydrogen-bond acceptors (Lipinski definition) is 3. The lowest BCUT2D eigenvalue weighted by Crippen LogP contribution is -2.34. The lowest BCUT2D eigenvalue weighted by Gasteiger charge is -2.24. The van der Waals surface area contributed by atoms with Gasteiger partial charge in [0.1, 0.15) is 6.10 Å². The van der Waals surface area contributed by atoms with Crippen LogP contribution in [0.1, 0.15) is 31.1 Å². The van der Waals surface area contributed by atoms with Crippen molar-refractivity contribution < 1.29 is 9.90 Å². The lowest BCUT2D eigenvalue weighted by molar-refractivity contribution is 0.0442. The van der Waals surface area contributed by atoms with E-state index in [1.54, 1.807) is 5.38 Å². The van der Waals surface area contributed by atoms with Gasteiger partial charge >= 0.3 is 0 Å². The fourth-order valence-corrected chi connectivity index (χ4v) is 2.48. The summed E-state index contributed by atoms with van der Waals surface area (Å²) in [4.78, 5) is 11.8. The summed E-state index contributed by atoms with van der Waals surface area (Å²) in [7, 11) is 0. The molecule has 0 spiro atoms. The summed E-state index contributed by atoms with van der Waals surface area (Å²) in [6, 6.07) is 0. The summed E-state index contributed by atoms with van der Waals surface area (Å²) >= 11 is 4.72. The van der Waals surface area contributed by atoms with E-state index in [0.29, 0.717) is 5.56 Å². The van der Waals surface area contributed by atoms with Crippen LogP contribution in [0.4, 0.5) is 0 Å². The average Bonchev–Trinajstić information content (AvgIpc) is 2.47. The molecule has 0 radical (unpaired) electrons. The average molecular weight is 277 g/mol. The quantitative estimate of drug-likeness (QED) is 0.843. The minimum atomic E-state index is -0.951. The molecule has 14 heavy (non-hydrogen) atoms. The molecule has 0 aliphatic rings. The number of thiophene rings is 1. The molecule has 0 saturated carbocycles. The summed E-state index contributed by atoms with van der Waals surface area (Å²) in [5.74, 6) is -0.217. The molecule has 1 N–H and O–H groups in total. The van der Waals surface area contributed by atoms with Crippen LogP contribution in [0, 0.1) is 5.41 Å². The molecule has 0 fully saturated rings. The van der Waals surface area contributed by atoms with Gasteiger partial charge in [0.2, 0.25) is 0 Å². The third kappa shape index (κ3) is 2.43. The zero-order valence-electron chi connectivity index (χ0n) is 8.37. The number of ketones is 1. The summed E-state index contributed by atoms with van der Waals surface area (Å²) < 4.78 is 0.760. The zero-order chi connectivity index (χ0) is 10.9. The van der Waals surface area contributed by atoms with Gasteiger partial charge in [-0.25, -0.2) is 0 Å². The first-order chi connectivity index (χ1) is 6.34. The number of halogens is 1. The van der Waals surface area contributed by atoms with E-state index in [2.05, 4.69) is 15.9 Å². The number of aliphatic hydroxyl groups is 1. The molecule has 1 unspecified atom stereocenters. The molecule has 78 valence electrons. The normalized spacial score (nSPS) is 14.1. The molecule has 1 aromatic rings. The van der Waals surface area contributed by atoms with Crippen molar-refractivity contribution >= 4 is 33.0 Å². The van der Waals surface area contributed by atoms with Crippen LogP contribution in [0.2, 0.25) is 0 Å². The van der Waals surface area contributed by atoms with Crippen LogP contribution >= 0.6 is 27.3 Å². The predicted molar refractivity (Wildman–Crippen MR) is 61.8 cm³/mol. The van der Waals surface area contributed by atoms with E-state index >= 15 is 0 Å². The van der Waals surface area contributed by atoms with E-state index in [1.807, 2.05) is 26.2 Å². The van der Waals surface area contributed by atoms with E-state index in [0.717, 1.165) is 4.47 Å². The van der Waals surface area contributed by atoms with Crippen molar-refractivity contribution in [3.63, 3.8) is 0 Å². The molecule has 1 heterocycles. The lowest BCUT2D eigenvalue weighted by atomic mass is 9.85. The molecule has 0 aliphatic carbocycles. The van der Waals surface area contributed by atoms with Crippen LogP contribution in [0.15, 0.2) is 15.2 Å². The second kappa shape index (κ2) is 4.13. The maximum absolute atomic E-state index is 11.8. The molecule has 0 saturated heterocycles. The Morgan fingerprint density at radius 3 is 2.43 bits per heavy atom. The fourth-order valence-electron chi connectivity index (χ4n) is 0.998. The summed E-state index contributed by atoms with van der Waals surface area (Å²) in [5, 5.41) is 13.4. The first-order valence-electron chi connectivity index (χ1n) is 4.28. The molecule has 0 amide bonds. The zero-order valence-corrected chi connectivity index (χ0v) is 10.8. The van der Waals surface area contributed by atoms with Crippen molar-refractivity contribution in [1.29, 1.82) is 0 Å². The SMILES string of the molecule is CC(C)(C)C(O)C(=O)c1cscc1Br. The maximum atomic E-state index is 11.8. The molecule has 4 heteroatoms. The number of Topliss-reactive ketones (excluding diaryl/α,β-unsaturated/α-hetero) is 1. The van der Waals surface area contributed by atoms with E-state index in [9.17, 15) is 9.90 Å². The standard InChI is InChI=1S/C10H13BrO2S/c1-10(2,3)9(13)8(12)6-4-14-5-7(6)11/h4-5,9,13H,1-3H3. The van der Waals surface area contributed by atoms with Gasteiger partial charge in [-0.1, -0.05) is 20.8 Å². The van der Waals surface area contributed by atoms with Crippen LogP contribution in [-0.2, 0) is 0 Å². The van der Waals surface area contributed by atoms with Crippen molar-refractivity contribution in [2.24, 2.45) is 5.41 Å². The van der Waals surface area contributed by atoms with E-state index < -0.39 is 11.5 Å². The number of carbonyl (C=O) groups is 1. The highest BCUT2D eigenvalue weighted by Crippen LogP contribution is 2.27. The van der Waals surface area contributed by atoms with Gasteiger partial charge in [-0.15, -0.1) is 0 Å². The van der Waals surface area contributed by atoms with Gasteiger partial charge in [0, 0.05) is 20.8 Å². The predicted octanol–water partition coefficient (Wildman–Crippen LogP) is 3.10. The molecule has 1 aromatic heterocycles. The molecule has 0 aliphatic heterocycles. The van der Waals surface area contributed by atoms with E-state index in [1.165, 1.54) is 11.3 Å². The summed E-state index contributed by atoms with van der Waals surface area (Å²) in [5.41, 5.74) is 0.149. The van der Waals surface area contributed by atoms with Gasteiger partial charge in [-0.05, 0) is 21.3 Å². The highest BCUT2D eigenvalue weighted by molar-refractivity contribution is 9.10. The van der Waals surface area contributed by atoms with Crippen LogP contribution in [0.25, 0.3) is 0 Å². The first-order valence-corrected chi connectivity index (χ1v) is 6.01. The van der Waals surface area contributed by atoms with Crippen LogP contribution < -0.4 is 0 Å². The third-order valence-electron chi connectivity index (χ3n) is 1.95. The Morgan fingerprint density at radius 1 is 1.50 bits per heavy atom.